The first-order chi connectivity index (χ1) is 13.2. The third-order valence-corrected chi connectivity index (χ3v) is 4.58. The van der Waals surface area contributed by atoms with E-state index in [1.54, 1.807) is 0 Å². The van der Waals surface area contributed by atoms with Crippen LogP contribution >= 0.6 is 0 Å². The van der Waals surface area contributed by atoms with Crippen molar-refractivity contribution < 1.29 is 5.11 Å². The Labute approximate surface area is 163 Å². The number of benzene rings is 2. The van der Waals surface area contributed by atoms with Gasteiger partial charge in [-0.2, -0.15) is 0 Å². The van der Waals surface area contributed by atoms with E-state index < -0.39 is 0 Å². The molecule has 3 N–H and O–H groups in total. The van der Waals surface area contributed by atoms with Crippen LogP contribution in [0.5, 0.6) is 0 Å². The van der Waals surface area contributed by atoms with Crippen LogP contribution in [0.1, 0.15) is 30.0 Å². The monoisotopic (exact) mass is 368 g/mol. The maximum atomic E-state index is 9.75. The molecule has 0 fully saturated rings. The highest BCUT2D eigenvalue weighted by molar-refractivity contribution is 5.79. The maximum Gasteiger partial charge on any atom is 0.191 e. The highest BCUT2D eigenvalue weighted by atomic mass is 16.3. The second kappa shape index (κ2) is 11.4. The Balaban J connectivity index is 2.04. The summed E-state index contributed by atoms with van der Waals surface area (Å²) in [4.78, 5) is 6.90. The van der Waals surface area contributed by atoms with Crippen LogP contribution in [0.15, 0.2) is 65.7 Å². The van der Waals surface area contributed by atoms with Gasteiger partial charge in [-0.05, 0) is 32.1 Å². The van der Waals surface area contributed by atoms with Crippen molar-refractivity contribution in [2.45, 2.75) is 18.9 Å². The van der Waals surface area contributed by atoms with Gasteiger partial charge in [-0.25, -0.2) is 0 Å². The van der Waals surface area contributed by atoms with Crippen LogP contribution in [0.25, 0.3) is 0 Å². The average molecular weight is 369 g/mol. The van der Waals surface area contributed by atoms with Gasteiger partial charge in [0.1, 0.15) is 0 Å². The summed E-state index contributed by atoms with van der Waals surface area (Å²) in [5.74, 6) is 0.773. The Morgan fingerprint density at radius 1 is 0.963 bits per heavy atom. The number of aliphatic imine (C=N–C) groups is 1. The molecule has 0 heterocycles. The van der Waals surface area contributed by atoms with Gasteiger partial charge in [0.25, 0.3) is 0 Å². The van der Waals surface area contributed by atoms with Crippen molar-refractivity contribution in [3.05, 3.63) is 71.8 Å². The second-order valence-electron chi connectivity index (χ2n) is 6.78. The van der Waals surface area contributed by atoms with Crippen LogP contribution in [0, 0.1) is 0 Å². The molecule has 2 rings (SSSR count). The van der Waals surface area contributed by atoms with Gasteiger partial charge in [0.05, 0.1) is 19.2 Å². The van der Waals surface area contributed by atoms with Crippen LogP contribution in [0.3, 0.4) is 0 Å². The summed E-state index contributed by atoms with van der Waals surface area (Å²) in [6.45, 7) is 4.21. The number of hydrogen-bond donors (Lipinski definition) is 3. The average Bonchev–Trinajstić information content (AvgIpc) is 2.70. The molecule has 0 spiro atoms. The van der Waals surface area contributed by atoms with Crippen molar-refractivity contribution >= 4 is 5.96 Å². The molecule has 2 aromatic carbocycles. The van der Waals surface area contributed by atoms with E-state index in [0.717, 1.165) is 24.6 Å². The first-order valence-corrected chi connectivity index (χ1v) is 9.55. The summed E-state index contributed by atoms with van der Waals surface area (Å²) in [6.07, 6.45) is 0. The lowest BCUT2D eigenvalue weighted by Crippen LogP contribution is -2.42. The van der Waals surface area contributed by atoms with Gasteiger partial charge >= 0.3 is 0 Å². The zero-order valence-corrected chi connectivity index (χ0v) is 16.6. The lowest BCUT2D eigenvalue weighted by Gasteiger charge is -2.26. The lowest BCUT2D eigenvalue weighted by atomic mass is 10.0. The van der Waals surface area contributed by atoms with Gasteiger partial charge in [0.2, 0.25) is 0 Å². The third-order valence-electron chi connectivity index (χ3n) is 4.58. The molecule has 0 saturated heterocycles. The summed E-state index contributed by atoms with van der Waals surface area (Å²) >= 11 is 0. The molecule has 0 bridgehead atoms. The molecule has 0 amide bonds. The Morgan fingerprint density at radius 3 is 2.07 bits per heavy atom. The Hall–Kier alpha value is -2.37. The van der Waals surface area contributed by atoms with E-state index in [2.05, 4.69) is 60.8 Å². The molecule has 0 saturated carbocycles. The molecule has 0 aliphatic heterocycles. The summed E-state index contributed by atoms with van der Waals surface area (Å²) in [5.41, 5.74) is 2.37. The van der Waals surface area contributed by atoms with Crippen molar-refractivity contribution in [3.8, 4) is 0 Å². The van der Waals surface area contributed by atoms with Gasteiger partial charge in [0.15, 0.2) is 5.96 Å². The minimum atomic E-state index is 0.000394. The summed E-state index contributed by atoms with van der Waals surface area (Å²) in [6, 6.07) is 20.8. The first-order valence-electron chi connectivity index (χ1n) is 9.55. The number of likely N-dealkylation sites (N-methyl/N-ethyl adjacent to an activating group) is 1. The fraction of sp³-hybridized carbons (Fsp3) is 0.409. The Kier molecular flexibility index (Phi) is 8.81. The van der Waals surface area contributed by atoms with Crippen molar-refractivity contribution in [2.24, 2.45) is 4.99 Å². The van der Waals surface area contributed by atoms with Crippen LogP contribution in [0.4, 0.5) is 0 Å². The van der Waals surface area contributed by atoms with Gasteiger partial charge in [-0.15, -0.1) is 0 Å². The van der Waals surface area contributed by atoms with E-state index in [4.69, 9.17) is 4.99 Å². The maximum absolute atomic E-state index is 9.75. The number of nitrogens with one attached hydrogen (secondary N) is 2. The quantitative estimate of drug-likeness (QED) is 0.470. The van der Waals surface area contributed by atoms with Gasteiger partial charge in [-0.1, -0.05) is 60.7 Å². The zero-order valence-electron chi connectivity index (χ0n) is 16.6. The number of aliphatic hydroxyl groups excluding tert-OH is 1. The topological polar surface area (TPSA) is 59.9 Å². The SMILES string of the molecule is CCNC(=NCC(CO)c1ccccc1)NCC(c1ccccc1)N(C)C. The second-order valence-corrected chi connectivity index (χ2v) is 6.78. The highest BCUT2D eigenvalue weighted by Crippen LogP contribution is 2.17. The molecule has 2 atom stereocenters. The molecule has 27 heavy (non-hydrogen) atoms. The molecule has 2 unspecified atom stereocenters. The van der Waals surface area contributed by atoms with E-state index in [1.165, 1.54) is 5.56 Å². The van der Waals surface area contributed by atoms with E-state index in [9.17, 15) is 5.11 Å². The highest BCUT2D eigenvalue weighted by Gasteiger charge is 2.15. The van der Waals surface area contributed by atoms with Crippen LogP contribution in [-0.4, -0.2) is 56.3 Å². The summed E-state index contributed by atoms with van der Waals surface area (Å²) in [5, 5.41) is 16.5. The number of rotatable bonds is 9. The van der Waals surface area contributed by atoms with E-state index >= 15 is 0 Å². The molecule has 5 heteroatoms. The fourth-order valence-electron chi connectivity index (χ4n) is 3.00. The smallest absolute Gasteiger partial charge is 0.191 e. The Morgan fingerprint density at radius 2 is 1.56 bits per heavy atom. The standard InChI is InChI=1S/C22H32N4O/c1-4-23-22(24-15-20(17-27)18-11-7-5-8-12-18)25-16-21(26(2)3)19-13-9-6-10-14-19/h5-14,20-21,27H,4,15-17H2,1-3H3,(H2,23,24,25). The molecule has 2 aromatic rings. The molecular weight excluding hydrogens is 336 g/mol. The van der Waals surface area contributed by atoms with Gasteiger partial charge in [0, 0.05) is 19.0 Å². The molecule has 5 nitrogen and oxygen atoms in total. The summed E-state index contributed by atoms with van der Waals surface area (Å²) < 4.78 is 0. The number of nitrogens with zero attached hydrogens (tertiary/aromatic N) is 2. The number of guanidine groups is 1. The number of hydrogen-bond acceptors (Lipinski definition) is 3. The van der Waals surface area contributed by atoms with Crippen molar-refractivity contribution in [1.29, 1.82) is 0 Å². The zero-order chi connectivity index (χ0) is 19.5. The summed E-state index contributed by atoms with van der Waals surface area (Å²) in [7, 11) is 4.17. The van der Waals surface area contributed by atoms with Crippen LogP contribution in [0.2, 0.25) is 0 Å². The van der Waals surface area contributed by atoms with Crippen LogP contribution in [-0.2, 0) is 0 Å². The van der Waals surface area contributed by atoms with Crippen molar-refractivity contribution in [2.75, 3.05) is 40.3 Å². The fourth-order valence-corrected chi connectivity index (χ4v) is 3.00. The molecule has 0 aromatic heterocycles. The predicted molar refractivity (Wildman–Crippen MR) is 113 cm³/mol. The largest absolute Gasteiger partial charge is 0.396 e. The van der Waals surface area contributed by atoms with E-state index in [-0.39, 0.29) is 18.6 Å². The molecular formula is C22H32N4O. The van der Waals surface area contributed by atoms with Gasteiger partial charge < -0.3 is 20.6 Å². The Bertz CT molecular complexity index is 673. The molecule has 0 aliphatic carbocycles. The van der Waals surface area contributed by atoms with E-state index in [0.29, 0.717) is 6.54 Å². The first kappa shape index (κ1) is 20.9. The minimum absolute atomic E-state index is 0.000394. The predicted octanol–water partition coefficient (Wildman–Crippen LogP) is 2.62. The normalized spacial score (nSPS) is 14.0. The van der Waals surface area contributed by atoms with E-state index in [1.807, 2.05) is 36.4 Å². The van der Waals surface area contributed by atoms with Crippen molar-refractivity contribution in [1.82, 2.24) is 15.5 Å². The van der Waals surface area contributed by atoms with Crippen molar-refractivity contribution in [3.63, 3.8) is 0 Å². The lowest BCUT2D eigenvalue weighted by molar-refractivity contribution is 0.268. The van der Waals surface area contributed by atoms with Crippen LogP contribution < -0.4 is 10.6 Å². The minimum Gasteiger partial charge on any atom is -0.396 e. The number of aliphatic hydroxyl groups is 1. The van der Waals surface area contributed by atoms with Gasteiger partial charge in [-0.3, -0.25) is 4.99 Å². The molecule has 0 radical (unpaired) electrons. The molecule has 146 valence electrons. The third kappa shape index (κ3) is 6.70. The molecule has 0 aliphatic rings.